The zero-order valence-electron chi connectivity index (χ0n) is 8.79. The molecule has 1 aromatic rings. The topological polar surface area (TPSA) is 35.5 Å². The third kappa shape index (κ3) is 2.79. The number of benzene rings is 1. The lowest BCUT2D eigenvalue weighted by Gasteiger charge is -2.07. The highest BCUT2D eigenvalue weighted by Gasteiger charge is 2.12. The summed E-state index contributed by atoms with van der Waals surface area (Å²) in [6, 6.07) is 4.13. The predicted molar refractivity (Wildman–Crippen MR) is 54.5 cm³/mol. The molecule has 0 radical (unpaired) electrons. The van der Waals surface area contributed by atoms with Crippen LogP contribution in [-0.2, 0) is 4.74 Å². The van der Waals surface area contributed by atoms with E-state index in [9.17, 15) is 13.6 Å². The summed E-state index contributed by atoms with van der Waals surface area (Å²) < 4.78 is 33.5. The highest BCUT2D eigenvalue weighted by molar-refractivity contribution is 5.93. The molecular weight excluding hydrogens is 218 g/mol. The fourth-order valence-corrected chi connectivity index (χ4v) is 1.21. The van der Waals surface area contributed by atoms with E-state index < -0.39 is 12.0 Å². The van der Waals surface area contributed by atoms with E-state index >= 15 is 0 Å². The van der Waals surface area contributed by atoms with Crippen molar-refractivity contribution in [2.45, 2.75) is 0 Å². The molecule has 3 nitrogen and oxygen atoms in total. The third-order valence-corrected chi connectivity index (χ3v) is 1.90. The van der Waals surface area contributed by atoms with Crippen molar-refractivity contribution in [1.82, 2.24) is 0 Å². The van der Waals surface area contributed by atoms with Crippen LogP contribution in [0.4, 0.5) is 8.78 Å². The van der Waals surface area contributed by atoms with Gasteiger partial charge < -0.3 is 9.47 Å². The van der Waals surface area contributed by atoms with Crippen molar-refractivity contribution in [3.8, 4) is 5.75 Å². The Morgan fingerprint density at radius 3 is 2.50 bits per heavy atom. The van der Waals surface area contributed by atoms with Crippen LogP contribution in [0.2, 0.25) is 0 Å². The quantitative estimate of drug-likeness (QED) is 0.746. The van der Waals surface area contributed by atoms with Gasteiger partial charge in [-0.2, -0.15) is 8.78 Å². The predicted octanol–water partition coefficient (Wildman–Crippen LogP) is 2.72. The zero-order valence-corrected chi connectivity index (χ0v) is 8.79. The smallest absolute Gasteiger partial charge is 0.341 e. The van der Waals surface area contributed by atoms with E-state index in [1.165, 1.54) is 32.4 Å². The molecule has 1 aromatic carbocycles. The minimum Gasteiger partial charge on any atom is -0.496 e. The Morgan fingerprint density at radius 2 is 2.00 bits per heavy atom. The SMILES string of the molecule is COC(=O)c1cc(C=C(F)F)ccc1OC. The van der Waals surface area contributed by atoms with Crippen molar-refractivity contribution in [2.24, 2.45) is 0 Å². The molecule has 0 amide bonds. The minimum atomic E-state index is -1.83. The molecule has 0 spiro atoms. The summed E-state index contributed by atoms with van der Waals surface area (Å²) in [6.45, 7) is 0. The Kier molecular flexibility index (Phi) is 3.99. The van der Waals surface area contributed by atoms with Crippen LogP contribution in [0.5, 0.6) is 5.75 Å². The van der Waals surface area contributed by atoms with Crippen molar-refractivity contribution in [1.29, 1.82) is 0 Å². The number of rotatable bonds is 3. The molecule has 0 aliphatic heterocycles. The Labute approximate surface area is 91.3 Å². The molecule has 0 bridgehead atoms. The molecule has 1 rings (SSSR count). The van der Waals surface area contributed by atoms with E-state index in [2.05, 4.69) is 4.74 Å². The second kappa shape index (κ2) is 5.25. The maximum absolute atomic E-state index is 12.0. The first-order chi connectivity index (χ1) is 7.58. The number of hydrogen-bond donors (Lipinski definition) is 0. The van der Waals surface area contributed by atoms with Gasteiger partial charge in [0, 0.05) is 6.08 Å². The summed E-state index contributed by atoms with van der Waals surface area (Å²) in [5.41, 5.74) is 0.321. The highest BCUT2D eigenvalue weighted by Crippen LogP contribution is 2.22. The van der Waals surface area contributed by atoms with Crippen molar-refractivity contribution < 1.29 is 23.0 Å². The van der Waals surface area contributed by atoms with Gasteiger partial charge in [0.25, 0.3) is 6.08 Å². The Morgan fingerprint density at radius 1 is 1.31 bits per heavy atom. The first kappa shape index (κ1) is 12.2. The van der Waals surface area contributed by atoms with E-state index in [0.29, 0.717) is 6.08 Å². The number of hydrogen-bond acceptors (Lipinski definition) is 3. The second-order valence-electron chi connectivity index (χ2n) is 2.89. The van der Waals surface area contributed by atoms with Crippen LogP contribution >= 0.6 is 0 Å². The van der Waals surface area contributed by atoms with Gasteiger partial charge in [0.15, 0.2) is 0 Å². The standard InChI is InChI=1S/C11H10F2O3/c1-15-9-4-3-7(6-10(12)13)5-8(9)11(14)16-2/h3-6H,1-2H3. The fourth-order valence-electron chi connectivity index (χ4n) is 1.21. The van der Waals surface area contributed by atoms with Crippen LogP contribution in [-0.4, -0.2) is 20.2 Å². The van der Waals surface area contributed by atoms with Gasteiger partial charge in [-0.3, -0.25) is 0 Å². The molecule has 0 saturated heterocycles. The van der Waals surface area contributed by atoms with Crippen molar-refractivity contribution in [3.05, 3.63) is 35.4 Å². The highest BCUT2D eigenvalue weighted by atomic mass is 19.3. The van der Waals surface area contributed by atoms with Gasteiger partial charge in [-0.1, -0.05) is 6.07 Å². The number of methoxy groups -OCH3 is 2. The first-order valence-electron chi connectivity index (χ1n) is 4.37. The van der Waals surface area contributed by atoms with Crippen LogP contribution in [0.25, 0.3) is 6.08 Å². The van der Waals surface area contributed by atoms with Crippen LogP contribution in [0.15, 0.2) is 24.3 Å². The van der Waals surface area contributed by atoms with Gasteiger partial charge >= 0.3 is 5.97 Å². The van der Waals surface area contributed by atoms with Crippen molar-refractivity contribution in [2.75, 3.05) is 14.2 Å². The summed E-state index contributed by atoms with van der Waals surface area (Å²) in [5.74, 6) is -0.352. The lowest BCUT2D eigenvalue weighted by Crippen LogP contribution is -2.04. The molecule has 0 aliphatic rings. The summed E-state index contributed by atoms with van der Waals surface area (Å²) in [7, 11) is 2.59. The van der Waals surface area contributed by atoms with E-state index in [0.717, 1.165) is 0 Å². The van der Waals surface area contributed by atoms with Gasteiger partial charge in [-0.25, -0.2) is 4.79 Å². The number of carbonyl (C=O) groups is 1. The second-order valence-corrected chi connectivity index (χ2v) is 2.89. The summed E-state index contributed by atoms with van der Waals surface area (Å²) >= 11 is 0. The van der Waals surface area contributed by atoms with E-state index in [-0.39, 0.29) is 16.9 Å². The van der Waals surface area contributed by atoms with Crippen LogP contribution in [0, 0.1) is 0 Å². The third-order valence-electron chi connectivity index (χ3n) is 1.90. The molecule has 0 saturated carbocycles. The Bertz CT molecular complexity index is 423. The molecule has 5 heteroatoms. The monoisotopic (exact) mass is 228 g/mol. The molecule has 0 atom stereocenters. The normalized spacial score (nSPS) is 9.50. The van der Waals surface area contributed by atoms with Gasteiger partial charge in [0.1, 0.15) is 11.3 Å². The average Bonchev–Trinajstić information content (AvgIpc) is 2.27. The molecule has 16 heavy (non-hydrogen) atoms. The molecule has 0 unspecified atom stereocenters. The molecule has 0 N–H and O–H groups in total. The van der Waals surface area contributed by atoms with Crippen molar-refractivity contribution >= 4 is 12.0 Å². The lowest BCUT2D eigenvalue weighted by molar-refractivity contribution is 0.0597. The summed E-state index contributed by atoms with van der Waals surface area (Å²) in [6.07, 6.45) is -1.17. The van der Waals surface area contributed by atoms with E-state index in [4.69, 9.17) is 4.74 Å². The maximum Gasteiger partial charge on any atom is 0.341 e. The molecular formula is C11H10F2O3. The molecule has 86 valence electrons. The minimum absolute atomic E-state index is 0.111. The maximum atomic E-state index is 12.0. The van der Waals surface area contributed by atoms with Gasteiger partial charge in [-0.15, -0.1) is 0 Å². The van der Waals surface area contributed by atoms with Gasteiger partial charge in [0.05, 0.1) is 14.2 Å². The van der Waals surface area contributed by atoms with Crippen molar-refractivity contribution in [3.63, 3.8) is 0 Å². The molecule has 0 heterocycles. The van der Waals surface area contributed by atoms with Crippen LogP contribution < -0.4 is 4.74 Å². The number of ether oxygens (including phenoxy) is 2. The number of esters is 1. The zero-order chi connectivity index (χ0) is 12.1. The fraction of sp³-hybridized carbons (Fsp3) is 0.182. The Balaban J connectivity index is 3.21. The number of carbonyl (C=O) groups excluding carboxylic acids is 1. The van der Waals surface area contributed by atoms with E-state index in [1.54, 1.807) is 0 Å². The van der Waals surface area contributed by atoms with Gasteiger partial charge in [0.2, 0.25) is 0 Å². The average molecular weight is 228 g/mol. The molecule has 0 aromatic heterocycles. The van der Waals surface area contributed by atoms with Crippen LogP contribution in [0.3, 0.4) is 0 Å². The molecule has 0 aliphatic carbocycles. The van der Waals surface area contributed by atoms with E-state index in [1.807, 2.05) is 0 Å². The first-order valence-corrected chi connectivity index (χ1v) is 4.37. The largest absolute Gasteiger partial charge is 0.496 e. The summed E-state index contributed by atoms with van der Waals surface area (Å²) in [5, 5.41) is 0. The van der Waals surface area contributed by atoms with Gasteiger partial charge in [-0.05, 0) is 17.7 Å². The summed E-state index contributed by atoms with van der Waals surface area (Å²) in [4.78, 5) is 11.3. The Hall–Kier alpha value is -1.91. The van der Waals surface area contributed by atoms with Crippen LogP contribution in [0.1, 0.15) is 15.9 Å². The molecule has 0 fully saturated rings. The lowest BCUT2D eigenvalue weighted by atomic mass is 10.1. The number of halogens is 2.